The first-order chi connectivity index (χ1) is 10.1. The number of rotatable bonds is 4. The van der Waals surface area contributed by atoms with Crippen LogP contribution in [0, 0.1) is 0 Å². The quantitative estimate of drug-likeness (QED) is 0.862. The Kier molecular flexibility index (Phi) is 5.59. The zero-order valence-corrected chi connectivity index (χ0v) is 12.6. The third kappa shape index (κ3) is 4.44. The Labute approximate surface area is 125 Å². The van der Waals surface area contributed by atoms with Crippen molar-refractivity contribution in [2.24, 2.45) is 5.73 Å². The summed E-state index contributed by atoms with van der Waals surface area (Å²) < 4.78 is 14.8. The molecule has 21 heavy (non-hydrogen) atoms. The van der Waals surface area contributed by atoms with Crippen molar-refractivity contribution in [1.82, 2.24) is 0 Å². The Balaban J connectivity index is 0.000000218. The second-order valence-corrected chi connectivity index (χ2v) is 5.35. The maximum atomic E-state index is 11.0. The summed E-state index contributed by atoms with van der Waals surface area (Å²) in [5.74, 6) is 0.460. The number of ether oxygens (including phenoxy) is 3. The molecule has 1 aromatic carbocycles. The van der Waals surface area contributed by atoms with Gasteiger partial charge in [-0.3, -0.25) is 4.79 Å². The molecule has 2 bridgehead atoms. The predicted molar refractivity (Wildman–Crippen MR) is 79.1 cm³/mol. The Hall–Kier alpha value is -1.59. The maximum Gasteiger partial charge on any atom is 0.307 e. The number of hydrogen-bond donors (Lipinski definition) is 1. The van der Waals surface area contributed by atoms with Crippen molar-refractivity contribution in [2.45, 2.75) is 43.9 Å². The molecule has 0 radical (unpaired) electrons. The molecule has 2 heterocycles. The molecule has 0 spiro atoms. The summed E-state index contributed by atoms with van der Waals surface area (Å²) in [6.45, 7) is 0. The molecule has 5 heteroatoms. The van der Waals surface area contributed by atoms with E-state index in [0.717, 1.165) is 11.3 Å². The molecule has 3 aliphatic rings. The minimum Gasteiger partial charge on any atom is -0.497 e. The molecule has 0 amide bonds. The van der Waals surface area contributed by atoms with E-state index in [0.29, 0.717) is 12.2 Å². The highest BCUT2D eigenvalue weighted by Crippen LogP contribution is 2.36. The van der Waals surface area contributed by atoms with Gasteiger partial charge in [0.1, 0.15) is 5.75 Å². The SMILES string of the molecule is C1CC2CC1O2.COC(=O)CC(N)c1ccc(OC)cc1. The number of benzene rings is 1. The lowest BCUT2D eigenvalue weighted by Crippen LogP contribution is -2.25. The monoisotopic (exact) mass is 293 g/mol. The van der Waals surface area contributed by atoms with Crippen LogP contribution >= 0.6 is 0 Å². The number of fused-ring (bicyclic) bond motifs is 1. The van der Waals surface area contributed by atoms with Crippen LogP contribution < -0.4 is 10.5 Å². The molecule has 3 fully saturated rings. The smallest absolute Gasteiger partial charge is 0.307 e. The average molecular weight is 293 g/mol. The molecule has 116 valence electrons. The number of carbonyl (C=O) groups excluding carboxylic acids is 1. The molecule has 1 aromatic rings. The fourth-order valence-electron chi connectivity index (χ4n) is 2.53. The second kappa shape index (κ2) is 7.43. The summed E-state index contributed by atoms with van der Waals surface area (Å²) >= 11 is 0. The van der Waals surface area contributed by atoms with Crippen molar-refractivity contribution < 1.29 is 19.0 Å². The van der Waals surface area contributed by atoms with Gasteiger partial charge < -0.3 is 19.9 Å². The van der Waals surface area contributed by atoms with Gasteiger partial charge in [0, 0.05) is 6.04 Å². The highest BCUT2D eigenvalue weighted by molar-refractivity contribution is 5.70. The average Bonchev–Trinajstić information content (AvgIpc) is 3.12. The van der Waals surface area contributed by atoms with Crippen molar-refractivity contribution in [3.8, 4) is 5.75 Å². The van der Waals surface area contributed by atoms with Gasteiger partial charge in [-0.1, -0.05) is 12.1 Å². The Morgan fingerprint density at radius 2 is 1.86 bits per heavy atom. The largest absolute Gasteiger partial charge is 0.497 e. The lowest BCUT2D eigenvalue weighted by Gasteiger charge is -2.23. The first-order valence-corrected chi connectivity index (χ1v) is 7.24. The highest BCUT2D eigenvalue weighted by Gasteiger charge is 2.36. The third-order valence-corrected chi connectivity index (χ3v) is 3.88. The van der Waals surface area contributed by atoms with Gasteiger partial charge in [-0.2, -0.15) is 0 Å². The zero-order valence-electron chi connectivity index (χ0n) is 12.6. The maximum absolute atomic E-state index is 11.0. The van der Waals surface area contributed by atoms with Gasteiger partial charge in [0.25, 0.3) is 0 Å². The van der Waals surface area contributed by atoms with Gasteiger partial charge in [-0.25, -0.2) is 0 Å². The normalized spacial score (nSPS) is 23.4. The van der Waals surface area contributed by atoms with Gasteiger partial charge in [0.2, 0.25) is 0 Å². The summed E-state index contributed by atoms with van der Waals surface area (Å²) in [4.78, 5) is 11.0. The van der Waals surface area contributed by atoms with Crippen LogP contribution in [0.5, 0.6) is 5.75 Å². The fourth-order valence-corrected chi connectivity index (χ4v) is 2.53. The van der Waals surface area contributed by atoms with Gasteiger partial charge in [-0.15, -0.1) is 0 Å². The lowest BCUT2D eigenvalue weighted by molar-refractivity contribution is -0.141. The number of hydrogen-bond acceptors (Lipinski definition) is 5. The lowest BCUT2D eigenvalue weighted by atomic mass is 10.0. The molecule has 3 atom stereocenters. The summed E-state index contributed by atoms with van der Waals surface area (Å²) in [5.41, 5.74) is 6.71. The van der Waals surface area contributed by atoms with E-state index in [1.807, 2.05) is 24.3 Å². The van der Waals surface area contributed by atoms with Crippen LogP contribution in [0.15, 0.2) is 24.3 Å². The summed E-state index contributed by atoms with van der Waals surface area (Å²) in [6, 6.07) is 6.97. The molecule has 3 unspecified atom stereocenters. The van der Waals surface area contributed by atoms with Crippen LogP contribution in [0.25, 0.3) is 0 Å². The van der Waals surface area contributed by atoms with E-state index < -0.39 is 0 Å². The molecule has 0 aromatic heterocycles. The van der Waals surface area contributed by atoms with Crippen molar-refractivity contribution in [2.75, 3.05) is 14.2 Å². The fraction of sp³-hybridized carbons (Fsp3) is 0.562. The van der Waals surface area contributed by atoms with E-state index in [1.165, 1.54) is 26.4 Å². The molecule has 5 nitrogen and oxygen atoms in total. The molecule has 1 aliphatic carbocycles. The zero-order chi connectivity index (χ0) is 15.2. The van der Waals surface area contributed by atoms with Crippen molar-refractivity contribution in [1.29, 1.82) is 0 Å². The van der Waals surface area contributed by atoms with Gasteiger partial charge in [0.05, 0.1) is 32.8 Å². The topological polar surface area (TPSA) is 70.8 Å². The van der Waals surface area contributed by atoms with E-state index in [4.69, 9.17) is 15.2 Å². The number of methoxy groups -OCH3 is 2. The van der Waals surface area contributed by atoms with Crippen LogP contribution in [-0.4, -0.2) is 32.4 Å². The number of nitrogens with two attached hydrogens (primary N) is 1. The van der Waals surface area contributed by atoms with Crippen LogP contribution in [0.2, 0.25) is 0 Å². The van der Waals surface area contributed by atoms with E-state index >= 15 is 0 Å². The van der Waals surface area contributed by atoms with Crippen LogP contribution in [0.1, 0.15) is 37.3 Å². The van der Waals surface area contributed by atoms with E-state index in [2.05, 4.69) is 4.74 Å². The molecule has 2 saturated heterocycles. The van der Waals surface area contributed by atoms with E-state index in [-0.39, 0.29) is 18.4 Å². The third-order valence-electron chi connectivity index (χ3n) is 3.88. The Morgan fingerprint density at radius 1 is 1.29 bits per heavy atom. The first-order valence-electron chi connectivity index (χ1n) is 7.24. The van der Waals surface area contributed by atoms with Crippen LogP contribution in [0.4, 0.5) is 0 Å². The van der Waals surface area contributed by atoms with Crippen molar-refractivity contribution in [3.05, 3.63) is 29.8 Å². The predicted octanol–water partition coefficient (Wildman–Crippen LogP) is 2.20. The Morgan fingerprint density at radius 3 is 2.24 bits per heavy atom. The summed E-state index contributed by atoms with van der Waals surface area (Å²) in [7, 11) is 2.95. The van der Waals surface area contributed by atoms with Crippen molar-refractivity contribution in [3.63, 3.8) is 0 Å². The highest BCUT2D eigenvalue weighted by atomic mass is 16.5. The molecule has 2 N–H and O–H groups in total. The molecule has 1 saturated carbocycles. The van der Waals surface area contributed by atoms with Gasteiger partial charge >= 0.3 is 5.97 Å². The van der Waals surface area contributed by atoms with Gasteiger partial charge in [0.15, 0.2) is 0 Å². The van der Waals surface area contributed by atoms with E-state index in [9.17, 15) is 4.79 Å². The summed E-state index contributed by atoms with van der Waals surface area (Å²) in [5, 5.41) is 0. The second-order valence-electron chi connectivity index (χ2n) is 5.35. The minimum atomic E-state index is -0.330. The standard InChI is InChI=1S/C11H15NO3.C5H8O/c1-14-9-5-3-8(4-6-9)10(12)7-11(13)15-2;1-2-5-3-4(1)6-5/h3-6,10H,7,12H2,1-2H3;4-5H,1-3H2. The van der Waals surface area contributed by atoms with Crippen LogP contribution in [0.3, 0.4) is 0 Å². The molecular formula is C16H23NO4. The minimum absolute atomic E-state index is 0.183. The van der Waals surface area contributed by atoms with E-state index in [1.54, 1.807) is 7.11 Å². The van der Waals surface area contributed by atoms with Crippen molar-refractivity contribution >= 4 is 5.97 Å². The summed E-state index contributed by atoms with van der Waals surface area (Å²) in [6.07, 6.45) is 5.60. The molecule has 4 rings (SSSR count). The number of esters is 1. The first kappa shape index (κ1) is 15.8. The van der Waals surface area contributed by atoms with Crippen LogP contribution in [-0.2, 0) is 14.3 Å². The Bertz CT molecular complexity index is 440. The molecular weight excluding hydrogens is 270 g/mol. The van der Waals surface area contributed by atoms with Gasteiger partial charge in [-0.05, 0) is 37.0 Å². The number of carbonyl (C=O) groups is 1. The molecule has 2 aliphatic heterocycles.